The van der Waals surface area contributed by atoms with Crippen LogP contribution in [0.2, 0.25) is 0 Å². The lowest BCUT2D eigenvalue weighted by molar-refractivity contribution is 0.407. The fourth-order valence-corrected chi connectivity index (χ4v) is 1.52. The van der Waals surface area contributed by atoms with Gasteiger partial charge in [-0.2, -0.15) is 0 Å². The fourth-order valence-electron chi connectivity index (χ4n) is 1.52. The smallest absolute Gasteiger partial charge is 0.295 e. The first-order valence-electron chi connectivity index (χ1n) is 5.58. The van der Waals surface area contributed by atoms with Gasteiger partial charge in [0, 0.05) is 6.54 Å². The molecule has 2 N–H and O–H groups in total. The lowest BCUT2D eigenvalue weighted by Gasteiger charge is -2.14. The molecule has 0 aliphatic heterocycles. The molecule has 5 heteroatoms. The summed E-state index contributed by atoms with van der Waals surface area (Å²) >= 11 is 0. The number of aromatic amines is 1. The van der Waals surface area contributed by atoms with E-state index in [1.807, 2.05) is 0 Å². The number of hydrogen-bond donors (Lipinski definition) is 2. The molecule has 0 aromatic carbocycles. The van der Waals surface area contributed by atoms with Gasteiger partial charge in [0.1, 0.15) is 0 Å². The number of rotatable bonds is 6. The van der Waals surface area contributed by atoms with Crippen molar-refractivity contribution in [1.82, 2.24) is 9.97 Å². The average Bonchev–Trinajstić information content (AvgIpc) is 2.30. The van der Waals surface area contributed by atoms with E-state index < -0.39 is 0 Å². The number of nitrogens with one attached hydrogen (secondary N) is 2. The molecule has 90 valence electrons. The van der Waals surface area contributed by atoms with Crippen molar-refractivity contribution in [1.29, 1.82) is 0 Å². The largest absolute Gasteiger partial charge is 0.489 e. The van der Waals surface area contributed by atoms with Crippen LogP contribution >= 0.6 is 0 Å². The van der Waals surface area contributed by atoms with Crippen molar-refractivity contribution in [2.45, 2.75) is 26.7 Å². The van der Waals surface area contributed by atoms with Crippen molar-refractivity contribution in [2.24, 2.45) is 5.92 Å². The van der Waals surface area contributed by atoms with E-state index in [1.165, 1.54) is 13.4 Å². The van der Waals surface area contributed by atoms with Gasteiger partial charge in [0.25, 0.3) is 5.56 Å². The van der Waals surface area contributed by atoms with Gasteiger partial charge in [-0.25, -0.2) is 4.98 Å². The number of H-pyrrole nitrogens is 1. The lowest BCUT2D eigenvalue weighted by atomic mass is 10.0. The highest BCUT2D eigenvalue weighted by Crippen LogP contribution is 2.16. The normalized spacial score (nSPS) is 10.5. The Morgan fingerprint density at radius 2 is 2.19 bits per heavy atom. The molecule has 0 fully saturated rings. The zero-order chi connectivity index (χ0) is 12.0. The Labute approximate surface area is 95.3 Å². The van der Waals surface area contributed by atoms with E-state index in [9.17, 15) is 4.79 Å². The molecular formula is C11H19N3O2. The Balaban J connectivity index is 2.73. The van der Waals surface area contributed by atoms with Gasteiger partial charge < -0.3 is 15.0 Å². The van der Waals surface area contributed by atoms with Crippen LogP contribution in [0.15, 0.2) is 11.1 Å². The molecule has 0 aliphatic carbocycles. The minimum atomic E-state index is -0.260. The lowest BCUT2D eigenvalue weighted by Crippen LogP contribution is -2.18. The van der Waals surface area contributed by atoms with E-state index in [0.717, 1.165) is 19.4 Å². The second-order valence-electron chi connectivity index (χ2n) is 3.68. The zero-order valence-corrected chi connectivity index (χ0v) is 10.0. The first kappa shape index (κ1) is 12.5. The van der Waals surface area contributed by atoms with Crippen molar-refractivity contribution < 1.29 is 4.74 Å². The molecule has 1 heterocycles. The Bertz CT molecular complexity index is 372. The molecule has 0 amide bonds. The molecular weight excluding hydrogens is 206 g/mol. The maximum absolute atomic E-state index is 11.4. The minimum absolute atomic E-state index is 0.244. The van der Waals surface area contributed by atoms with Gasteiger partial charge in [-0.1, -0.05) is 26.7 Å². The highest BCUT2D eigenvalue weighted by Gasteiger charge is 2.10. The molecule has 0 spiro atoms. The van der Waals surface area contributed by atoms with Crippen molar-refractivity contribution in [3.63, 3.8) is 0 Å². The van der Waals surface area contributed by atoms with Crippen molar-refractivity contribution in [2.75, 3.05) is 19.0 Å². The third-order valence-electron chi connectivity index (χ3n) is 2.73. The summed E-state index contributed by atoms with van der Waals surface area (Å²) in [4.78, 5) is 17.9. The van der Waals surface area contributed by atoms with Crippen LogP contribution in [-0.4, -0.2) is 23.6 Å². The summed E-state index contributed by atoms with van der Waals surface area (Å²) in [6, 6.07) is 0. The number of hydrogen-bond acceptors (Lipinski definition) is 4. The summed E-state index contributed by atoms with van der Waals surface area (Å²) in [5, 5.41) is 3.15. The molecule has 0 saturated carbocycles. The van der Waals surface area contributed by atoms with Gasteiger partial charge in [-0.3, -0.25) is 4.79 Å². The topological polar surface area (TPSA) is 67.0 Å². The van der Waals surface area contributed by atoms with E-state index >= 15 is 0 Å². The highest BCUT2D eigenvalue weighted by atomic mass is 16.5. The molecule has 0 atom stereocenters. The van der Waals surface area contributed by atoms with Crippen LogP contribution in [0, 0.1) is 5.92 Å². The van der Waals surface area contributed by atoms with Crippen LogP contribution < -0.4 is 15.6 Å². The van der Waals surface area contributed by atoms with E-state index in [-0.39, 0.29) is 11.3 Å². The predicted octanol–water partition coefficient (Wildman–Crippen LogP) is 1.63. The molecule has 5 nitrogen and oxygen atoms in total. The summed E-state index contributed by atoms with van der Waals surface area (Å²) in [6.07, 6.45) is 3.59. The standard InChI is InChI=1S/C11H19N3O2/c1-4-8(5-2)6-12-10-9(16-3)11(15)14-7-13-10/h7-8H,4-6H2,1-3H3,(H2,12,13,14,15). The molecule has 0 aliphatic rings. The average molecular weight is 225 g/mol. The molecule has 0 bridgehead atoms. The van der Waals surface area contributed by atoms with Crippen molar-refractivity contribution in [3.05, 3.63) is 16.7 Å². The maximum Gasteiger partial charge on any atom is 0.295 e. The fraction of sp³-hybridized carbons (Fsp3) is 0.636. The van der Waals surface area contributed by atoms with Gasteiger partial charge in [0.15, 0.2) is 5.82 Å². The second kappa shape index (κ2) is 6.15. The molecule has 0 saturated heterocycles. The Morgan fingerprint density at radius 1 is 1.50 bits per heavy atom. The first-order valence-corrected chi connectivity index (χ1v) is 5.58. The summed E-state index contributed by atoms with van der Waals surface area (Å²) in [6.45, 7) is 5.11. The third kappa shape index (κ3) is 2.98. The quantitative estimate of drug-likeness (QED) is 0.772. The van der Waals surface area contributed by atoms with Gasteiger partial charge in [-0.05, 0) is 5.92 Å². The Morgan fingerprint density at radius 3 is 2.75 bits per heavy atom. The molecule has 1 aromatic rings. The second-order valence-corrected chi connectivity index (χ2v) is 3.68. The summed E-state index contributed by atoms with van der Waals surface area (Å²) in [5.74, 6) is 1.34. The van der Waals surface area contributed by atoms with E-state index in [0.29, 0.717) is 11.7 Å². The van der Waals surface area contributed by atoms with Crippen LogP contribution in [0.4, 0.5) is 5.82 Å². The van der Waals surface area contributed by atoms with Gasteiger partial charge >= 0.3 is 0 Å². The van der Waals surface area contributed by atoms with E-state index in [4.69, 9.17) is 4.74 Å². The first-order chi connectivity index (χ1) is 7.72. The Kier molecular flexibility index (Phi) is 4.82. The predicted molar refractivity (Wildman–Crippen MR) is 64.0 cm³/mol. The maximum atomic E-state index is 11.4. The molecule has 16 heavy (non-hydrogen) atoms. The van der Waals surface area contributed by atoms with E-state index in [2.05, 4.69) is 29.1 Å². The van der Waals surface area contributed by atoms with Crippen LogP contribution in [-0.2, 0) is 0 Å². The molecule has 0 radical (unpaired) electrons. The number of ether oxygens (including phenoxy) is 1. The van der Waals surface area contributed by atoms with Crippen molar-refractivity contribution >= 4 is 5.82 Å². The number of methoxy groups -OCH3 is 1. The van der Waals surface area contributed by atoms with Gasteiger partial charge in [0.05, 0.1) is 13.4 Å². The summed E-state index contributed by atoms with van der Waals surface area (Å²) in [7, 11) is 1.47. The van der Waals surface area contributed by atoms with Crippen LogP contribution in [0.3, 0.4) is 0 Å². The number of nitrogens with zero attached hydrogens (tertiary/aromatic N) is 1. The third-order valence-corrected chi connectivity index (χ3v) is 2.73. The van der Waals surface area contributed by atoms with Gasteiger partial charge in [-0.15, -0.1) is 0 Å². The summed E-state index contributed by atoms with van der Waals surface area (Å²) < 4.78 is 5.01. The monoisotopic (exact) mass is 225 g/mol. The van der Waals surface area contributed by atoms with Crippen LogP contribution in [0.1, 0.15) is 26.7 Å². The minimum Gasteiger partial charge on any atom is -0.489 e. The van der Waals surface area contributed by atoms with Crippen molar-refractivity contribution in [3.8, 4) is 5.75 Å². The van der Waals surface area contributed by atoms with E-state index in [1.54, 1.807) is 0 Å². The van der Waals surface area contributed by atoms with Crippen LogP contribution in [0.25, 0.3) is 0 Å². The van der Waals surface area contributed by atoms with Gasteiger partial charge in [0.2, 0.25) is 5.75 Å². The Hall–Kier alpha value is -1.52. The zero-order valence-electron chi connectivity index (χ0n) is 10.0. The number of anilines is 1. The molecule has 0 unspecified atom stereocenters. The SMILES string of the molecule is CCC(CC)CNc1nc[nH]c(=O)c1OC. The molecule has 1 aromatic heterocycles. The highest BCUT2D eigenvalue weighted by molar-refractivity contribution is 5.47. The number of aromatic nitrogens is 2. The molecule has 1 rings (SSSR count). The summed E-state index contributed by atoms with van der Waals surface area (Å²) in [5.41, 5.74) is -0.260. The van der Waals surface area contributed by atoms with Crippen LogP contribution in [0.5, 0.6) is 5.75 Å².